The molecular weight excluding hydrogens is 246 g/mol. The van der Waals surface area contributed by atoms with E-state index in [0.29, 0.717) is 5.69 Å². The van der Waals surface area contributed by atoms with Crippen molar-refractivity contribution in [3.63, 3.8) is 0 Å². The molecule has 0 aliphatic carbocycles. The van der Waals surface area contributed by atoms with Crippen molar-refractivity contribution in [2.24, 2.45) is 0 Å². The lowest BCUT2D eigenvalue weighted by Crippen LogP contribution is -2.38. The van der Waals surface area contributed by atoms with Crippen LogP contribution < -0.4 is 5.32 Å². The Balaban J connectivity index is 2.84. The van der Waals surface area contributed by atoms with Crippen LogP contribution in [0.2, 0.25) is 0 Å². The highest BCUT2D eigenvalue weighted by atomic mass is 32.2. The van der Waals surface area contributed by atoms with Gasteiger partial charge in [0.05, 0.1) is 0 Å². The van der Waals surface area contributed by atoms with Crippen molar-refractivity contribution in [2.45, 2.75) is 19.4 Å². The fraction of sp³-hybridized carbons (Fsp3) is 0.538. The van der Waals surface area contributed by atoms with E-state index in [1.54, 1.807) is 28.9 Å². The zero-order valence-corrected chi connectivity index (χ0v) is 12.3. The largest absolute Gasteiger partial charge is 0.388 e. The second-order valence-corrected chi connectivity index (χ2v) is 5.02. The molecule has 0 aromatic carbocycles. The molecule has 1 unspecified atom stereocenters. The van der Waals surface area contributed by atoms with E-state index in [1.165, 1.54) is 0 Å². The van der Waals surface area contributed by atoms with Crippen LogP contribution in [0.1, 0.15) is 23.8 Å². The van der Waals surface area contributed by atoms with Crippen molar-refractivity contribution in [3.05, 3.63) is 24.0 Å². The van der Waals surface area contributed by atoms with Crippen molar-refractivity contribution < 1.29 is 4.79 Å². The standard InChI is InChI=1S/C13H21N3OS/c1-5-11(9-18-4)16(3)13(17)12-8-10(14-2)6-7-15-12/h6-8,11H,5,9H2,1-4H3,(H,14,15). The Hall–Kier alpha value is -1.23. The van der Waals surface area contributed by atoms with Gasteiger partial charge in [0.2, 0.25) is 0 Å². The van der Waals surface area contributed by atoms with Crippen LogP contribution in [-0.2, 0) is 0 Å². The van der Waals surface area contributed by atoms with E-state index in [0.717, 1.165) is 17.9 Å². The molecule has 1 N–H and O–H groups in total. The topological polar surface area (TPSA) is 45.2 Å². The third kappa shape index (κ3) is 3.63. The molecule has 0 fully saturated rings. The minimum absolute atomic E-state index is 0.0204. The summed E-state index contributed by atoms with van der Waals surface area (Å²) in [6.45, 7) is 2.10. The molecule has 4 nitrogen and oxygen atoms in total. The minimum atomic E-state index is -0.0204. The third-order valence-corrected chi connectivity index (χ3v) is 3.68. The number of anilines is 1. The fourth-order valence-electron chi connectivity index (χ4n) is 1.75. The van der Waals surface area contributed by atoms with Gasteiger partial charge in [0.15, 0.2) is 0 Å². The molecule has 18 heavy (non-hydrogen) atoms. The first kappa shape index (κ1) is 14.8. The molecule has 0 saturated carbocycles. The fourth-order valence-corrected chi connectivity index (χ4v) is 2.59. The molecule has 0 aliphatic rings. The number of thioether (sulfide) groups is 1. The Morgan fingerprint density at radius 2 is 2.33 bits per heavy atom. The normalized spacial score (nSPS) is 12.0. The van der Waals surface area contributed by atoms with E-state index in [4.69, 9.17) is 0 Å². The number of pyridine rings is 1. The molecule has 1 atom stereocenters. The summed E-state index contributed by atoms with van der Waals surface area (Å²) >= 11 is 1.76. The first-order chi connectivity index (χ1) is 8.63. The van der Waals surface area contributed by atoms with Gasteiger partial charge in [-0.15, -0.1) is 0 Å². The van der Waals surface area contributed by atoms with Crippen LogP contribution in [0.25, 0.3) is 0 Å². The monoisotopic (exact) mass is 267 g/mol. The number of rotatable bonds is 6. The number of carbonyl (C=O) groups excluding carboxylic acids is 1. The average molecular weight is 267 g/mol. The molecule has 0 bridgehead atoms. The number of aromatic nitrogens is 1. The lowest BCUT2D eigenvalue weighted by atomic mass is 10.2. The maximum Gasteiger partial charge on any atom is 0.272 e. The summed E-state index contributed by atoms with van der Waals surface area (Å²) in [6, 6.07) is 3.88. The van der Waals surface area contributed by atoms with E-state index < -0.39 is 0 Å². The van der Waals surface area contributed by atoms with Crippen LogP contribution in [0.15, 0.2) is 18.3 Å². The van der Waals surface area contributed by atoms with Crippen LogP contribution in [0.4, 0.5) is 5.69 Å². The number of carbonyl (C=O) groups is 1. The van der Waals surface area contributed by atoms with Crippen LogP contribution in [0, 0.1) is 0 Å². The summed E-state index contributed by atoms with van der Waals surface area (Å²) in [5.41, 5.74) is 1.39. The molecule has 100 valence electrons. The van der Waals surface area contributed by atoms with Crippen molar-refractivity contribution in [2.75, 3.05) is 31.4 Å². The Kier molecular flexibility index (Phi) is 5.98. The molecule has 0 spiro atoms. The summed E-state index contributed by atoms with van der Waals surface area (Å²) in [5, 5.41) is 3.01. The SMILES string of the molecule is CCC(CSC)N(C)C(=O)c1cc(NC)ccn1. The maximum atomic E-state index is 12.3. The van der Waals surface area contributed by atoms with Crippen molar-refractivity contribution in [3.8, 4) is 0 Å². The van der Waals surface area contributed by atoms with Gasteiger partial charge >= 0.3 is 0 Å². The minimum Gasteiger partial charge on any atom is -0.388 e. The Morgan fingerprint density at radius 1 is 1.61 bits per heavy atom. The quantitative estimate of drug-likeness (QED) is 0.859. The summed E-state index contributed by atoms with van der Waals surface area (Å²) in [4.78, 5) is 18.3. The van der Waals surface area contributed by atoms with Gasteiger partial charge in [-0.3, -0.25) is 9.78 Å². The van der Waals surface area contributed by atoms with Gasteiger partial charge in [-0.1, -0.05) is 6.92 Å². The lowest BCUT2D eigenvalue weighted by molar-refractivity contribution is 0.0738. The summed E-state index contributed by atoms with van der Waals surface area (Å²) < 4.78 is 0. The van der Waals surface area contributed by atoms with Gasteiger partial charge in [-0.2, -0.15) is 11.8 Å². The number of nitrogens with one attached hydrogen (secondary N) is 1. The van der Waals surface area contributed by atoms with E-state index in [1.807, 2.05) is 20.2 Å². The van der Waals surface area contributed by atoms with Crippen LogP contribution >= 0.6 is 11.8 Å². The average Bonchev–Trinajstić information content (AvgIpc) is 2.43. The Morgan fingerprint density at radius 3 is 2.89 bits per heavy atom. The highest BCUT2D eigenvalue weighted by molar-refractivity contribution is 7.98. The molecule has 0 radical (unpaired) electrons. The summed E-state index contributed by atoms with van der Waals surface area (Å²) in [7, 11) is 3.68. The first-order valence-corrected chi connectivity index (χ1v) is 7.43. The lowest BCUT2D eigenvalue weighted by Gasteiger charge is -2.26. The first-order valence-electron chi connectivity index (χ1n) is 6.03. The van der Waals surface area contributed by atoms with Crippen LogP contribution in [0.5, 0.6) is 0 Å². The highest BCUT2D eigenvalue weighted by Crippen LogP contribution is 2.13. The molecular formula is C13H21N3OS. The molecule has 1 aromatic heterocycles. The number of amides is 1. The number of nitrogens with zero attached hydrogens (tertiary/aromatic N) is 2. The molecule has 1 rings (SSSR count). The smallest absolute Gasteiger partial charge is 0.272 e. The Labute approximate surface area is 113 Å². The van der Waals surface area contributed by atoms with Crippen molar-refractivity contribution >= 4 is 23.4 Å². The molecule has 1 heterocycles. The molecule has 1 aromatic rings. The van der Waals surface area contributed by atoms with Gasteiger partial charge in [0.25, 0.3) is 5.91 Å². The zero-order chi connectivity index (χ0) is 13.5. The molecule has 0 saturated heterocycles. The van der Waals surface area contributed by atoms with Gasteiger partial charge in [0.1, 0.15) is 5.69 Å². The zero-order valence-electron chi connectivity index (χ0n) is 11.4. The predicted octanol–water partition coefficient (Wildman–Crippen LogP) is 2.34. The molecule has 0 aliphatic heterocycles. The van der Waals surface area contributed by atoms with Gasteiger partial charge in [0, 0.05) is 37.8 Å². The van der Waals surface area contributed by atoms with Gasteiger partial charge < -0.3 is 10.2 Å². The van der Waals surface area contributed by atoms with Crippen LogP contribution in [0.3, 0.4) is 0 Å². The van der Waals surface area contributed by atoms with E-state index in [9.17, 15) is 4.79 Å². The molecule has 5 heteroatoms. The van der Waals surface area contributed by atoms with Crippen molar-refractivity contribution in [1.82, 2.24) is 9.88 Å². The van der Waals surface area contributed by atoms with E-state index in [-0.39, 0.29) is 11.9 Å². The maximum absolute atomic E-state index is 12.3. The number of hydrogen-bond donors (Lipinski definition) is 1. The predicted molar refractivity (Wildman–Crippen MR) is 78.3 cm³/mol. The Bertz CT molecular complexity index is 398. The summed E-state index contributed by atoms with van der Waals surface area (Å²) in [6.07, 6.45) is 4.66. The second kappa shape index (κ2) is 7.26. The van der Waals surface area contributed by atoms with Gasteiger partial charge in [-0.05, 0) is 24.8 Å². The van der Waals surface area contributed by atoms with E-state index >= 15 is 0 Å². The molecule has 1 amide bonds. The highest BCUT2D eigenvalue weighted by Gasteiger charge is 2.20. The van der Waals surface area contributed by atoms with Gasteiger partial charge in [-0.25, -0.2) is 0 Å². The number of hydrogen-bond acceptors (Lipinski definition) is 4. The van der Waals surface area contributed by atoms with Crippen LogP contribution in [-0.4, -0.2) is 47.9 Å². The summed E-state index contributed by atoms with van der Waals surface area (Å²) in [5.74, 6) is 0.928. The van der Waals surface area contributed by atoms with E-state index in [2.05, 4.69) is 23.5 Å². The van der Waals surface area contributed by atoms with Crippen molar-refractivity contribution in [1.29, 1.82) is 0 Å². The third-order valence-electron chi connectivity index (χ3n) is 2.97. The second-order valence-electron chi connectivity index (χ2n) is 4.11.